The Balaban J connectivity index is 1.85. The number of thiocarbonyl (C=S) groups is 1. The van der Waals surface area contributed by atoms with Crippen LogP contribution in [0.4, 0.5) is 0 Å². The second kappa shape index (κ2) is 4.47. The van der Waals surface area contributed by atoms with Crippen LogP contribution in [-0.4, -0.2) is 36.6 Å². The molecule has 2 fully saturated rings. The number of aliphatic imine (C=N–C) groups is 1. The van der Waals surface area contributed by atoms with Gasteiger partial charge in [-0.3, -0.25) is 4.99 Å². The normalized spacial score (nSPS) is 27.4. The lowest BCUT2D eigenvalue weighted by Gasteiger charge is -2.33. The van der Waals surface area contributed by atoms with E-state index >= 15 is 0 Å². The lowest BCUT2D eigenvalue weighted by molar-refractivity contribution is -0.178. The van der Waals surface area contributed by atoms with Crippen LogP contribution in [0.2, 0.25) is 0 Å². The van der Waals surface area contributed by atoms with Crippen molar-refractivity contribution in [3.8, 4) is 0 Å². The molecular formula is C10H15NO2S. The van der Waals surface area contributed by atoms with Crippen molar-refractivity contribution in [2.75, 3.05) is 13.2 Å². The molecule has 1 saturated heterocycles. The third-order valence-corrected chi connectivity index (χ3v) is 3.01. The maximum absolute atomic E-state index is 5.63. The molecule has 0 bridgehead atoms. The molecule has 1 aliphatic carbocycles. The molecule has 0 aromatic rings. The second-order valence-corrected chi connectivity index (χ2v) is 4.05. The first kappa shape index (κ1) is 10.2. The van der Waals surface area contributed by atoms with Crippen LogP contribution in [0.5, 0.6) is 0 Å². The molecule has 14 heavy (non-hydrogen) atoms. The van der Waals surface area contributed by atoms with Crippen LogP contribution >= 0.6 is 12.2 Å². The summed E-state index contributed by atoms with van der Waals surface area (Å²) >= 11 is 4.70. The van der Waals surface area contributed by atoms with Gasteiger partial charge in [0.15, 0.2) is 5.79 Å². The highest BCUT2D eigenvalue weighted by molar-refractivity contribution is 7.80. The summed E-state index contributed by atoms with van der Waals surface area (Å²) in [7, 11) is 0. The fourth-order valence-electron chi connectivity index (χ4n) is 2.13. The molecule has 0 radical (unpaired) electrons. The standard InChI is InChI=1S/C10H15NO2S/c14-8-5-11-9-1-3-10(4-2-9)12-6-7-13-10/h5,8-9H,1-4,6-7H2. The van der Waals surface area contributed by atoms with Crippen LogP contribution < -0.4 is 0 Å². The van der Waals surface area contributed by atoms with Crippen molar-refractivity contribution in [1.29, 1.82) is 0 Å². The van der Waals surface area contributed by atoms with Crippen LogP contribution in [0, 0.1) is 0 Å². The maximum atomic E-state index is 5.63. The van der Waals surface area contributed by atoms with Crippen LogP contribution in [0.3, 0.4) is 0 Å². The largest absolute Gasteiger partial charge is 0.348 e. The molecule has 3 nitrogen and oxygen atoms in total. The van der Waals surface area contributed by atoms with Gasteiger partial charge in [-0.2, -0.15) is 0 Å². The van der Waals surface area contributed by atoms with Crippen molar-refractivity contribution in [3.63, 3.8) is 0 Å². The van der Waals surface area contributed by atoms with Crippen molar-refractivity contribution in [3.05, 3.63) is 0 Å². The van der Waals surface area contributed by atoms with E-state index in [4.69, 9.17) is 21.7 Å². The van der Waals surface area contributed by atoms with E-state index in [0.29, 0.717) is 6.04 Å². The van der Waals surface area contributed by atoms with Crippen molar-refractivity contribution < 1.29 is 9.47 Å². The third-order valence-electron chi connectivity index (χ3n) is 2.89. The zero-order valence-electron chi connectivity index (χ0n) is 8.15. The zero-order valence-corrected chi connectivity index (χ0v) is 8.96. The average Bonchev–Trinajstić information content (AvgIpc) is 2.66. The van der Waals surface area contributed by atoms with Crippen LogP contribution in [0.1, 0.15) is 25.7 Å². The minimum absolute atomic E-state index is 0.260. The first-order valence-electron chi connectivity index (χ1n) is 5.09. The minimum Gasteiger partial charge on any atom is -0.348 e. The van der Waals surface area contributed by atoms with Crippen LogP contribution in [0.25, 0.3) is 0 Å². The molecule has 1 heterocycles. The van der Waals surface area contributed by atoms with Gasteiger partial charge in [0.25, 0.3) is 0 Å². The summed E-state index contributed by atoms with van der Waals surface area (Å²) in [6.45, 7) is 1.49. The molecule has 1 spiro atoms. The van der Waals surface area contributed by atoms with Crippen molar-refractivity contribution >= 4 is 23.8 Å². The molecule has 0 amide bonds. The number of hydrogen-bond donors (Lipinski definition) is 0. The van der Waals surface area contributed by atoms with Crippen molar-refractivity contribution in [2.24, 2.45) is 4.99 Å². The summed E-state index contributed by atoms with van der Waals surface area (Å²) in [6.07, 6.45) is 5.73. The summed E-state index contributed by atoms with van der Waals surface area (Å²) in [5.41, 5.74) is 0. The van der Waals surface area contributed by atoms with Crippen molar-refractivity contribution in [1.82, 2.24) is 0 Å². The molecule has 2 aliphatic rings. The molecule has 78 valence electrons. The van der Waals surface area contributed by atoms with Gasteiger partial charge in [0, 0.05) is 24.4 Å². The average molecular weight is 213 g/mol. The Morgan fingerprint density at radius 1 is 1.21 bits per heavy atom. The summed E-state index contributed by atoms with van der Waals surface area (Å²) < 4.78 is 11.3. The summed E-state index contributed by atoms with van der Waals surface area (Å²) in [6, 6.07) is 0.410. The Kier molecular flexibility index (Phi) is 3.26. The first-order valence-corrected chi connectivity index (χ1v) is 5.57. The lowest BCUT2D eigenvalue weighted by atomic mass is 9.90. The molecule has 0 N–H and O–H groups in total. The highest BCUT2D eigenvalue weighted by atomic mass is 32.1. The maximum Gasteiger partial charge on any atom is 0.168 e. The van der Waals surface area contributed by atoms with E-state index in [1.165, 1.54) is 0 Å². The number of nitrogens with zero attached hydrogens (tertiary/aromatic N) is 1. The smallest absolute Gasteiger partial charge is 0.168 e. The predicted octanol–water partition coefficient (Wildman–Crippen LogP) is 1.74. The SMILES string of the molecule is S=CC=NC1CCC2(CC1)OCCO2. The van der Waals surface area contributed by atoms with Gasteiger partial charge in [-0.15, -0.1) is 0 Å². The second-order valence-electron chi connectivity index (χ2n) is 3.77. The molecule has 0 aromatic carbocycles. The molecule has 0 aromatic heterocycles. The molecule has 0 atom stereocenters. The van der Waals surface area contributed by atoms with Crippen LogP contribution in [0.15, 0.2) is 4.99 Å². The fraction of sp³-hybridized carbons (Fsp3) is 0.800. The Bertz CT molecular complexity index is 226. The summed E-state index contributed by atoms with van der Waals surface area (Å²) in [5.74, 6) is -0.260. The quantitative estimate of drug-likeness (QED) is 0.517. The van der Waals surface area contributed by atoms with E-state index in [-0.39, 0.29) is 5.79 Å². The molecule has 2 rings (SSSR count). The van der Waals surface area contributed by atoms with Gasteiger partial charge in [0.2, 0.25) is 0 Å². The Morgan fingerprint density at radius 3 is 2.43 bits per heavy atom. The molecule has 1 saturated carbocycles. The van der Waals surface area contributed by atoms with Gasteiger partial charge in [0.05, 0.1) is 19.3 Å². The molecular weight excluding hydrogens is 198 g/mol. The van der Waals surface area contributed by atoms with Gasteiger partial charge < -0.3 is 9.47 Å². The van der Waals surface area contributed by atoms with E-state index in [2.05, 4.69) is 4.99 Å². The molecule has 1 aliphatic heterocycles. The van der Waals surface area contributed by atoms with Gasteiger partial charge in [-0.1, -0.05) is 12.2 Å². The Morgan fingerprint density at radius 2 is 1.86 bits per heavy atom. The monoisotopic (exact) mass is 213 g/mol. The topological polar surface area (TPSA) is 30.8 Å². The highest BCUT2D eigenvalue weighted by Crippen LogP contribution is 2.36. The number of rotatable bonds is 2. The van der Waals surface area contributed by atoms with Gasteiger partial charge in [0.1, 0.15) is 0 Å². The van der Waals surface area contributed by atoms with Gasteiger partial charge in [-0.05, 0) is 12.8 Å². The van der Waals surface area contributed by atoms with Gasteiger partial charge in [-0.25, -0.2) is 0 Å². The summed E-state index contributed by atoms with van der Waals surface area (Å²) in [4.78, 5) is 4.36. The van der Waals surface area contributed by atoms with Crippen molar-refractivity contribution in [2.45, 2.75) is 37.5 Å². The highest BCUT2D eigenvalue weighted by Gasteiger charge is 2.39. The predicted molar refractivity (Wildman–Crippen MR) is 59.0 cm³/mol. The number of ether oxygens (including phenoxy) is 2. The molecule has 0 unspecified atom stereocenters. The van der Waals surface area contributed by atoms with E-state index < -0.39 is 0 Å². The first-order chi connectivity index (χ1) is 6.85. The fourth-order valence-corrected chi connectivity index (χ4v) is 2.20. The van der Waals surface area contributed by atoms with Gasteiger partial charge >= 0.3 is 0 Å². The minimum atomic E-state index is -0.260. The summed E-state index contributed by atoms with van der Waals surface area (Å²) in [5, 5.41) is 1.56. The Hall–Kier alpha value is -0.320. The molecule has 4 heteroatoms. The zero-order chi connectivity index (χ0) is 9.86. The Labute approximate surface area is 89.5 Å². The van der Waals surface area contributed by atoms with E-state index in [1.54, 1.807) is 11.6 Å². The number of hydrogen-bond acceptors (Lipinski definition) is 4. The lowest BCUT2D eigenvalue weighted by Crippen LogP contribution is -2.36. The van der Waals surface area contributed by atoms with E-state index in [0.717, 1.165) is 38.9 Å². The third kappa shape index (κ3) is 2.19. The van der Waals surface area contributed by atoms with E-state index in [1.807, 2.05) is 0 Å². The van der Waals surface area contributed by atoms with E-state index in [9.17, 15) is 0 Å². The van der Waals surface area contributed by atoms with Crippen LogP contribution in [-0.2, 0) is 9.47 Å².